The first-order valence-electron chi connectivity index (χ1n) is 4.69. The van der Waals surface area contributed by atoms with Crippen LogP contribution in [0.2, 0.25) is 0 Å². The minimum absolute atomic E-state index is 0.0451. The van der Waals surface area contributed by atoms with Crippen molar-refractivity contribution >= 4 is 0 Å². The van der Waals surface area contributed by atoms with Crippen molar-refractivity contribution in [2.75, 3.05) is 6.54 Å². The normalized spacial score (nSPS) is 19.2. The molecular formula is C9H23N3. The first kappa shape index (κ1) is 11.9. The van der Waals surface area contributed by atoms with Crippen LogP contribution in [0.3, 0.4) is 0 Å². The van der Waals surface area contributed by atoms with E-state index in [1.807, 2.05) is 6.92 Å². The minimum atomic E-state index is 0.0451. The van der Waals surface area contributed by atoms with E-state index in [0.29, 0.717) is 12.0 Å². The van der Waals surface area contributed by atoms with Crippen LogP contribution in [-0.4, -0.2) is 24.7 Å². The van der Waals surface area contributed by atoms with Crippen molar-refractivity contribution in [2.45, 2.75) is 45.8 Å². The molecule has 0 aromatic carbocycles. The van der Waals surface area contributed by atoms with Crippen molar-refractivity contribution in [3.8, 4) is 0 Å². The molecule has 0 bridgehead atoms. The van der Waals surface area contributed by atoms with Gasteiger partial charge in [0.2, 0.25) is 0 Å². The summed E-state index contributed by atoms with van der Waals surface area (Å²) in [6.45, 7) is 9.38. The summed E-state index contributed by atoms with van der Waals surface area (Å²) in [7, 11) is 0. The van der Waals surface area contributed by atoms with Gasteiger partial charge in [0.25, 0.3) is 0 Å². The van der Waals surface area contributed by atoms with Gasteiger partial charge in [0, 0.05) is 18.1 Å². The lowest BCUT2D eigenvalue weighted by molar-refractivity contribution is 0.393. The van der Waals surface area contributed by atoms with Crippen LogP contribution in [0.15, 0.2) is 0 Å². The summed E-state index contributed by atoms with van der Waals surface area (Å²) >= 11 is 0. The zero-order valence-corrected chi connectivity index (χ0v) is 8.67. The summed E-state index contributed by atoms with van der Waals surface area (Å²) < 4.78 is 0. The molecule has 0 fully saturated rings. The predicted molar refractivity (Wildman–Crippen MR) is 53.9 cm³/mol. The van der Waals surface area contributed by atoms with Gasteiger partial charge in [0.05, 0.1) is 0 Å². The summed E-state index contributed by atoms with van der Waals surface area (Å²) in [5, 5.41) is 3.36. The maximum absolute atomic E-state index is 5.86. The van der Waals surface area contributed by atoms with Gasteiger partial charge in [0.15, 0.2) is 0 Å². The Bertz CT molecular complexity index is 112. The average molecular weight is 173 g/mol. The molecule has 3 heteroatoms. The SMILES string of the molecule is CC(C)CNC(C)C(N)C(C)N. The molecule has 3 atom stereocenters. The highest BCUT2D eigenvalue weighted by atomic mass is 15.0. The van der Waals surface area contributed by atoms with Crippen molar-refractivity contribution in [1.29, 1.82) is 0 Å². The van der Waals surface area contributed by atoms with Crippen LogP contribution in [0.1, 0.15) is 27.7 Å². The van der Waals surface area contributed by atoms with Crippen LogP contribution in [-0.2, 0) is 0 Å². The van der Waals surface area contributed by atoms with E-state index in [0.717, 1.165) is 6.54 Å². The number of hydrogen-bond acceptors (Lipinski definition) is 3. The van der Waals surface area contributed by atoms with Crippen LogP contribution >= 0.6 is 0 Å². The molecule has 74 valence electrons. The van der Waals surface area contributed by atoms with E-state index in [4.69, 9.17) is 11.5 Å². The van der Waals surface area contributed by atoms with E-state index >= 15 is 0 Å². The van der Waals surface area contributed by atoms with E-state index in [1.165, 1.54) is 0 Å². The molecular weight excluding hydrogens is 150 g/mol. The van der Waals surface area contributed by atoms with Gasteiger partial charge in [-0.15, -0.1) is 0 Å². The highest BCUT2D eigenvalue weighted by Crippen LogP contribution is 1.95. The third-order valence-electron chi connectivity index (χ3n) is 2.03. The highest BCUT2D eigenvalue weighted by Gasteiger charge is 2.15. The van der Waals surface area contributed by atoms with Gasteiger partial charge in [-0.3, -0.25) is 0 Å². The Morgan fingerprint density at radius 3 is 1.92 bits per heavy atom. The van der Waals surface area contributed by atoms with Gasteiger partial charge in [-0.2, -0.15) is 0 Å². The molecule has 0 aliphatic carbocycles. The average Bonchev–Trinajstić information content (AvgIpc) is 1.98. The Kier molecular flexibility index (Phi) is 5.46. The van der Waals surface area contributed by atoms with Gasteiger partial charge in [-0.1, -0.05) is 13.8 Å². The monoisotopic (exact) mass is 173 g/mol. The van der Waals surface area contributed by atoms with Gasteiger partial charge in [-0.05, 0) is 26.3 Å². The molecule has 0 amide bonds. The molecule has 0 aliphatic rings. The molecule has 12 heavy (non-hydrogen) atoms. The molecule has 0 saturated carbocycles. The fourth-order valence-corrected chi connectivity index (χ4v) is 1.01. The zero-order valence-electron chi connectivity index (χ0n) is 8.67. The summed E-state index contributed by atoms with van der Waals surface area (Å²) in [6, 6.07) is 0.399. The second kappa shape index (κ2) is 5.51. The van der Waals surface area contributed by atoms with Crippen molar-refractivity contribution < 1.29 is 0 Å². The van der Waals surface area contributed by atoms with E-state index in [1.54, 1.807) is 0 Å². The highest BCUT2D eigenvalue weighted by molar-refractivity contribution is 4.82. The molecule has 0 radical (unpaired) electrons. The standard InChI is InChI=1S/C9H23N3/c1-6(2)5-12-8(4)9(11)7(3)10/h6-9,12H,5,10-11H2,1-4H3. The Morgan fingerprint density at radius 1 is 1.08 bits per heavy atom. The molecule has 0 aromatic rings. The third kappa shape index (κ3) is 4.70. The maximum Gasteiger partial charge on any atom is 0.0343 e. The minimum Gasteiger partial charge on any atom is -0.326 e. The Balaban J connectivity index is 3.64. The quantitative estimate of drug-likeness (QED) is 0.560. The van der Waals surface area contributed by atoms with Crippen molar-refractivity contribution in [1.82, 2.24) is 5.32 Å². The second-order valence-electron chi connectivity index (χ2n) is 4.03. The largest absolute Gasteiger partial charge is 0.326 e. The summed E-state index contributed by atoms with van der Waals surface area (Å²) in [5.74, 6) is 0.660. The van der Waals surface area contributed by atoms with Crippen LogP contribution in [0.25, 0.3) is 0 Å². The first-order chi connectivity index (χ1) is 5.45. The van der Waals surface area contributed by atoms with E-state index < -0.39 is 0 Å². The number of rotatable bonds is 5. The number of hydrogen-bond donors (Lipinski definition) is 3. The van der Waals surface area contributed by atoms with Gasteiger partial charge >= 0.3 is 0 Å². The molecule has 0 aliphatic heterocycles. The molecule has 3 unspecified atom stereocenters. The van der Waals surface area contributed by atoms with Gasteiger partial charge in [0.1, 0.15) is 0 Å². The van der Waals surface area contributed by atoms with E-state index in [2.05, 4.69) is 26.1 Å². The first-order valence-corrected chi connectivity index (χ1v) is 4.69. The van der Waals surface area contributed by atoms with Crippen LogP contribution < -0.4 is 16.8 Å². The summed E-state index contributed by atoms with van der Waals surface area (Å²) in [6.07, 6.45) is 0. The third-order valence-corrected chi connectivity index (χ3v) is 2.03. The Labute approximate surface area is 75.9 Å². The summed E-state index contributed by atoms with van der Waals surface area (Å²) in [4.78, 5) is 0. The lowest BCUT2D eigenvalue weighted by atomic mass is 10.0. The van der Waals surface area contributed by atoms with Crippen molar-refractivity contribution in [3.05, 3.63) is 0 Å². The molecule has 0 spiro atoms. The smallest absolute Gasteiger partial charge is 0.0343 e. The zero-order chi connectivity index (χ0) is 9.72. The van der Waals surface area contributed by atoms with Crippen LogP contribution in [0.5, 0.6) is 0 Å². The fourth-order valence-electron chi connectivity index (χ4n) is 1.01. The predicted octanol–water partition coefficient (Wildman–Crippen LogP) is 0.295. The van der Waals surface area contributed by atoms with Crippen LogP contribution in [0.4, 0.5) is 0 Å². The molecule has 3 nitrogen and oxygen atoms in total. The van der Waals surface area contributed by atoms with Crippen LogP contribution in [0, 0.1) is 5.92 Å². The van der Waals surface area contributed by atoms with Crippen molar-refractivity contribution in [3.63, 3.8) is 0 Å². The van der Waals surface area contributed by atoms with Gasteiger partial charge in [-0.25, -0.2) is 0 Å². The Hall–Kier alpha value is -0.120. The lowest BCUT2D eigenvalue weighted by Gasteiger charge is -2.25. The molecule has 0 rings (SSSR count). The number of nitrogens with two attached hydrogens (primary N) is 2. The second-order valence-corrected chi connectivity index (χ2v) is 4.03. The molecule has 5 N–H and O–H groups in total. The Morgan fingerprint density at radius 2 is 1.58 bits per heavy atom. The number of nitrogens with one attached hydrogen (secondary N) is 1. The van der Waals surface area contributed by atoms with E-state index in [9.17, 15) is 0 Å². The molecule has 0 saturated heterocycles. The lowest BCUT2D eigenvalue weighted by Crippen LogP contribution is -2.52. The topological polar surface area (TPSA) is 64.1 Å². The molecule has 0 aromatic heterocycles. The van der Waals surface area contributed by atoms with Crippen molar-refractivity contribution in [2.24, 2.45) is 17.4 Å². The van der Waals surface area contributed by atoms with E-state index in [-0.39, 0.29) is 12.1 Å². The fraction of sp³-hybridized carbons (Fsp3) is 1.00. The molecule has 0 heterocycles. The van der Waals surface area contributed by atoms with Gasteiger partial charge < -0.3 is 16.8 Å². The maximum atomic E-state index is 5.86. The summed E-state index contributed by atoms with van der Waals surface area (Å²) in [5.41, 5.74) is 11.5.